The van der Waals surface area contributed by atoms with E-state index >= 15 is 0 Å². The number of aromatic nitrogens is 1. The highest BCUT2D eigenvalue weighted by Gasteiger charge is 2.36. The molecule has 1 rings (SSSR count). The average molecular weight is 274 g/mol. The number of rotatable bonds is 5. The van der Waals surface area contributed by atoms with E-state index in [0.29, 0.717) is 0 Å². The number of likely N-dealkylation sites (N-methyl/N-ethyl adjacent to an activating group) is 1. The van der Waals surface area contributed by atoms with Crippen LogP contribution in [0.1, 0.15) is 24.3 Å². The fourth-order valence-corrected chi connectivity index (χ4v) is 1.49. The van der Waals surface area contributed by atoms with Crippen LogP contribution in [0.15, 0.2) is 18.3 Å². The zero-order valence-corrected chi connectivity index (χ0v) is 10.9. The van der Waals surface area contributed by atoms with Crippen molar-refractivity contribution in [2.75, 3.05) is 7.05 Å². The first-order valence-corrected chi connectivity index (χ1v) is 5.62. The van der Waals surface area contributed by atoms with Gasteiger partial charge >= 0.3 is 5.97 Å². The second-order valence-corrected chi connectivity index (χ2v) is 4.67. The summed E-state index contributed by atoms with van der Waals surface area (Å²) in [5, 5.41) is 9.05. The number of carbonyl (C=O) groups excluding carboxylic acids is 1. The molecule has 0 spiro atoms. The van der Waals surface area contributed by atoms with Gasteiger partial charge < -0.3 is 14.6 Å². The van der Waals surface area contributed by atoms with Crippen LogP contribution in [0, 0.1) is 0 Å². The summed E-state index contributed by atoms with van der Waals surface area (Å²) in [7, 11) is 1.33. The normalized spacial score (nSPS) is 11.7. The Balaban J connectivity index is 3.01. The van der Waals surface area contributed by atoms with Crippen LogP contribution in [0.25, 0.3) is 0 Å². The molecule has 106 valence electrons. The standard InChI is InChI=1S/C12H16F2N2O3/c1-12(2,11(18)19)15(3)10(17)8-5-4-6-16(8)7-9(13)14/h4-6,9H,7H2,1-3H3,(H,18,19). The van der Waals surface area contributed by atoms with Crippen molar-refractivity contribution >= 4 is 11.9 Å². The number of carboxylic acid groups (broad SMARTS) is 1. The largest absolute Gasteiger partial charge is 0.480 e. The smallest absolute Gasteiger partial charge is 0.329 e. The zero-order valence-electron chi connectivity index (χ0n) is 10.9. The monoisotopic (exact) mass is 274 g/mol. The summed E-state index contributed by atoms with van der Waals surface area (Å²) < 4.78 is 25.8. The van der Waals surface area contributed by atoms with Gasteiger partial charge in [-0.1, -0.05) is 0 Å². The molecule has 19 heavy (non-hydrogen) atoms. The van der Waals surface area contributed by atoms with Gasteiger partial charge in [0.25, 0.3) is 12.3 Å². The van der Waals surface area contributed by atoms with Gasteiger partial charge in [0.05, 0.1) is 6.54 Å². The Morgan fingerprint density at radius 3 is 2.53 bits per heavy atom. The molecule has 1 heterocycles. The Labute approximate surface area is 109 Å². The number of carbonyl (C=O) groups is 2. The number of halogens is 2. The summed E-state index contributed by atoms with van der Waals surface area (Å²) >= 11 is 0. The van der Waals surface area contributed by atoms with E-state index in [1.165, 1.54) is 39.2 Å². The van der Waals surface area contributed by atoms with Crippen LogP contribution in [-0.2, 0) is 11.3 Å². The van der Waals surface area contributed by atoms with Crippen LogP contribution in [-0.4, -0.2) is 45.5 Å². The molecule has 1 N–H and O–H groups in total. The lowest BCUT2D eigenvalue weighted by Crippen LogP contribution is -2.51. The molecule has 0 aromatic carbocycles. The molecule has 0 unspecified atom stereocenters. The molecule has 0 radical (unpaired) electrons. The number of alkyl halides is 2. The van der Waals surface area contributed by atoms with Gasteiger partial charge in [0.15, 0.2) is 0 Å². The number of carboxylic acids is 1. The second-order valence-electron chi connectivity index (χ2n) is 4.67. The van der Waals surface area contributed by atoms with E-state index in [1.807, 2.05) is 0 Å². The van der Waals surface area contributed by atoms with E-state index in [0.717, 1.165) is 9.47 Å². The first-order chi connectivity index (χ1) is 8.67. The maximum atomic E-state index is 12.4. The molecule has 1 aromatic rings. The third-order valence-corrected chi connectivity index (χ3v) is 3.05. The van der Waals surface area contributed by atoms with E-state index < -0.39 is 30.4 Å². The Hall–Kier alpha value is -1.92. The van der Waals surface area contributed by atoms with Crippen molar-refractivity contribution < 1.29 is 23.5 Å². The lowest BCUT2D eigenvalue weighted by molar-refractivity contribution is -0.147. The molecule has 5 nitrogen and oxygen atoms in total. The van der Waals surface area contributed by atoms with Gasteiger partial charge in [-0.15, -0.1) is 0 Å². The third-order valence-electron chi connectivity index (χ3n) is 3.05. The molecule has 0 atom stereocenters. The molecular weight excluding hydrogens is 258 g/mol. The molecule has 1 aromatic heterocycles. The predicted molar refractivity (Wildman–Crippen MR) is 64.2 cm³/mol. The fraction of sp³-hybridized carbons (Fsp3) is 0.500. The minimum Gasteiger partial charge on any atom is -0.480 e. The second kappa shape index (κ2) is 5.38. The molecule has 0 saturated heterocycles. The highest BCUT2D eigenvalue weighted by Crippen LogP contribution is 2.17. The lowest BCUT2D eigenvalue weighted by Gasteiger charge is -2.31. The molecule has 1 amide bonds. The van der Waals surface area contributed by atoms with Crippen LogP contribution in [0.2, 0.25) is 0 Å². The number of nitrogens with zero attached hydrogens (tertiary/aromatic N) is 2. The maximum absolute atomic E-state index is 12.4. The summed E-state index contributed by atoms with van der Waals surface area (Å²) in [6, 6.07) is 2.86. The zero-order chi connectivity index (χ0) is 14.8. The Bertz CT molecular complexity index is 483. The quantitative estimate of drug-likeness (QED) is 0.888. The maximum Gasteiger partial charge on any atom is 0.329 e. The highest BCUT2D eigenvalue weighted by molar-refractivity contribution is 5.96. The van der Waals surface area contributed by atoms with Crippen LogP contribution < -0.4 is 0 Å². The van der Waals surface area contributed by atoms with E-state index in [-0.39, 0.29) is 5.69 Å². The van der Waals surface area contributed by atoms with E-state index in [4.69, 9.17) is 5.11 Å². The topological polar surface area (TPSA) is 62.5 Å². The Kier molecular flexibility index (Phi) is 4.28. The van der Waals surface area contributed by atoms with E-state index in [2.05, 4.69) is 0 Å². The minimum atomic E-state index is -2.59. The molecule has 0 aliphatic heterocycles. The first-order valence-electron chi connectivity index (χ1n) is 5.62. The van der Waals surface area contributed by atoms with Gasteiger partial charge in [-0.05, 0) is 26.0 Å². The molecule has 0 aliphatic rings. The van der Waals surface area contributed by atoms with Gasteiger partial charge in [-0.2, -0.15) is 0 Å². The highest BCUT2D eigenvalue weighted by atomic mass is 19.3. The number of hydrogen-bond donors (Lipinski definition) is 1. The summed E-state index contributed by atoms with van der Waals surface area (Å²) in [5.74, 6) is -1.78. The van der Waals surface area contributed by atoms with Crippen LogP contribution >= 0.6 is 0 Å². The average Bonchev–Trinajstić information content (AvgIpc) is 2.73. The van der Waals surface area contributed by atoms with Gasteiger partial charge in [-0.25, -0.2) is 13.6 Å². The first kappa shape index (κ1) is 15.1. The van der Waals surface area contributed by atoms with Gasteiger partial charge in [0.2, 0.25) is 0 Å². The van der Waals surface area contributed by atoms with E-state index in [9.17, 15) is 18.4 Å². The minimum absolute atomic E-state index is 0.0390. The summed E-state index contributed by atoms with van der Waals surface area (Å²) in [4.78, 5) is 24.3. The molecular formula is C12H16F2N2O3. The van der Waals surface area contributed by atoms with Crippen molar-refractivity contribution in [3.8, 4) is 0 Å². The van der Waals surface area contributed by atoms with Crippen LogP contribution in [0.5, 0.6) is 0 Å². The van der Waals surface area contributed by atoms with Crippen LogP contribution in [0.3, 0.4) is 0 Å². The predicted octanol–water partition coefficient (Wildman–Crippen LogP) is 1.69. The Morgan fingerprint density at radius 2 is 2.05 bits per heavy atom. The van der Waals surface area contributed by atoms with Crippen LogP contribution in [0.4, 0.5) is 8.78 Å². The SMILES string of the molecule is CN(C(=O)c1cccn1CC(F)F)C(C)(C)C(=O)O. The third kappa shape index (κ3) is 3.10. The van der Waals surface area contributed by atoms with Gasteiger partial charge in [0.1, 0.15) is 11.2 Å². The number of hydrogen-bond acceptors (Lipinski definition) is 2. The van der Waals surface area contributed by atoms with Crippen molar-refractivity contribution in [1.29, 1.82) is 0 Å². The summed E-state index contributed by atoms with van der Waals surface area (Å²) in [6.07, 6.45) is -1.22. The van der Waals surface area contributed by atoms with Gasteiger partial charge in [0, 0.05) is 13.2 Å². The summed E-state index contributed by atoms with van der Waals surface area (Å²) in [5.41, 5.74) is -1.38. The van der Waals surface area contributed by atoms with E-state index in [1.54, 1.807) is 0 Å². The Morgan fingerprint density at radius 1 is 1.47 bits per heavy atom. The lowest BCUT2D eigenvalue weighted by atomic mass is 10.0. The van der Waals surface area contributed by atoms with Crippen molar-refractivity contribution in [1.82, 2.24) is 9.47 Å². The van der Waals surface area contributed by atoms with Crippen molar-refractivity contribution in [2.45, 2.75) is 32.4 Å². The number of aliphatic carboxylic acids is 1. The molecule has 0 aliphatic carbocycles. The molecule has 0 fully saturated rings. The van der Waals surface area contributed by atoms with Crippen molar-refractivity contribution in [3.63, 3.8) is 0 Å². The van der Waals surface area contributed by atoms with Gasteiger partial charge in [-0.3, -0.25) is 4.79 Å². The summed E-state index contributed by atoms with van der Waals surface area (Å²) in [6.45, 7) is 2.14. The van der Waals surface area contributed by atoms with Crippen molar-refractivity contribution in [2.24, 2.45) is 0 Å². The molecule has 0 saturated carbocycles. The number of amides is 1. The molecule has 7 heteroatoms. The molecule has 0 bridgehead atoms. The van der Waals surface area contributed by atoms with Crippen molar-refractivity contribution in [3.05, 3.63) is 24.0 Å². The fourth-order valence-electron chi connectivity index (χ4n) is 1.49.